The number of benzene rings is 1. The smallest absolute Gasteiger partial charge is 0.360 e. The zero-order chi connectivity index (χ0) is 15.7. The number of carbonyl (C=O) groups is 1. The molecule has 0 unspecified atom stereocenters. The van der Waals surface area contributed by atoms with Crippen LogP contribution in [0.4, 0.5) is 5.82 Å². The maximum absolute atomic E-state index is 11.7. The van der Waals surface area contributed by atoms with E-state index in [0.717, 1.165) is 5.56 Å². The number of hydrogen-bond acceptors (Lipinski definition) is 5. The van der Waals surface area contributed by atoms with Crippen LogP contribution in [0.5, 0.6) is 5.75 Å². The van der Waals surface area contributed by atoms with Crippen LogP contribution >= 0.6 is 11.6 Å². The lowest BCUT2D eigenvalue weighted by atomic mass is 10.2. The van der Waals surface area contributed by atoms with E-state index >= 15 is 0 Å². The lowest BCUT2D eigenvalue weighted by Gasteiger charge is -2.14. The number of imidazole rings is 1. The number of ether oxygens (including phenoxy) is 2. The van der Waals surface area contributed by atoms with Gasteiger partial charge in [0.25, 0.3) is 0 Å². The van der Waals surface area contributed by atoms with Gasteiger partial charge in [-0.15, -0.1) is 0 Å². The highest BCUT2D eigenvalue weighted by molar-refractivity contribution is 6.31. The molecule has 0 amide bonds. The van der Waals surface area contributed by atoms with Crippen molar-refractivity contribution in [2.45, 2.75) is 13.8 Å². The molecule has 21 heavy (non-hydrogen) atoms. The fourth-order valence-electron chi connectivity index (χ4n) is 2.09. The van der Waals surface area contributed by atoms with Gasteiger partial charge in [0.15, 0.2) is 5.69 Å². The fourth-order valence-corrected chi connectivity index (χ4v) is 2.24. The van der Waals surface area contributed by atoms with Crippen molar-refractivity contribution >= 4 is 23.4 Å². The summed E-state index contributed by atoms with van der Waals surface area (Å²) < 4.78 is 11.6. The predicted molar refractivity (Wildman–Crippen MR) is 80.4 cm³/mol. The van der Waals surface area contributed by atoms with Crippen LogP contribution in [0.25, 0.3) is 5.69 Å². The monoisotopic (exact) mass is 309 g/mol. The lowest BCUT2D eigenvalue weighted by molar-refractivity contribution is 0.0596. The normalized spacial score (nSPS) is 10.5. The first-order valence-electron chi connectivity index (χ1n) is 6.18. The Hall–Kier alpha value is -2.21. The minimum absolute atomic E-state index is 0.0738. The van der Waals surface area contributed by atoms with Crippen LogP contribution < -0.4 is 10.5 Å². The van der Waals surface area contributed by atoms with Gasteiger partial charge in [0, 0.05) is 11.1 Å². The number of nitrogen functional groups attached to an aromatic ring is 1. The second kappa shape index (κ2) is 5.65. The van der Waals surface area contributed by atoms with Crippen LogP contribution in [0.1, 0.15) is 21.9 Å². The van der Waals surface area contributed by atoms with Gasteiger partial charge in [0.05, 0.1) is 19.9 Å². The lowest BCUT2D eigenvalue weighted by Crippen LogP contribution is -2.08. The second-order valence-electron chi connectivity index (χ2n) is 4.49. The summed E-state index contributed by atoms with van der Waals surface area (Å²) in [6.07, 6.45) is 0. The van der Waals surface area contributed by atoms with E-state index in [1.165, 1.54) is 14.2 Å². The van der Waals surface area contributed by atoms with Gasteiger partial charge < -0.3 is 15.2 Å². The van der Waals surface area contributed by atoms with Crippen molar-refractivity contribution in [1.29, 1.82) is 0 Å². The van der Waals surface area contributed by atoms with E-state index in [0.29, 0.717) is 22.3 Å². The van der Waals surface area contributed by atoms with Crippen LogP contribution in [-0.2, 0) is 4.74 Å². The van der Waals surface area contributed by atoms with Gasteiger partial charge in [-0.1, -0.05) is 11.6 Å². The zero-order valence-corrected chi connectivity index (χ0v) is 13.0. The molecule has 0 fully saturated rings. The maximum Gasteiger partial charge on any atom is 0.360 e. The van der Waals surface area contributed by atoms with Gasteiger partial charge in [-0.2, -0.15) is 0 Å². The number of aryl methyl sites for hydroxylation is 2. The summed E-state index contributed by atoms with van der Waals surface area (Å²) in [5, 5.41) is 0.583. The molecule has 0 spiro atoms. The van der Waals surface area contributed by atoms with Crippen LogP contribution in [0.2, 0.25) is 5.02 Å². The highest BCUT2D eigenvalue weighted by atomic mass is 35.5. The quantitative estimate of drug-likeness (QED) is 0.881. The van der Waals surface area contributed by atoms with Gasteiger partial charge in [-0.25, -0.2) is 9.78 Å². The Morgan fingerprint density at radius 2 is 2.00 bits per heavy atom. The molecule has 0 saturated heterocycles. The molecule has 112 valence electrons. The van der Waals surface area contributed by atoms with E-state index in [-0.39, 0.29) is 11.5 Å². The summed E-state index contributed by atoms with van der Waals surface area (Å²) >= 11 is 6.10. The molecule has 6 nitrogen and oxygen atoms in total. The van der Waals surface area contributed by atoms with E-state index in [1.807, 2.05) is 13.0 Å². The van der Waals surface area contributed by atoms with E-state index in [4.69, 9.17) is 22.1 Å². The average Bonchev–Trinajstić information content (AvgIpc) is 2.75. The van der Waals surface area contributed by atoms with Crippen molar-refractivity contribution in [3.63, 3.8) is 0 Å². The molecule has 0 aliphatic heterocycles. The number of aromatic nitrogens is 2. The molecule has 2 rings (SSSR count). The van der Waals surface area contributed by atoms with Gasteiger partial charge in [0.2, 0.25) is 0 Å². The number of rotatable bonds is 3. The molecule has 0 aliphatic carbocycles. The molecular formula is C14H16ClN3O3. The zero-order valence-electron chi connectivity index (χ0n) is 12.2. The first-order valence-corrected chi connectivity index (χ1v) is 6.56. The molecule has 1 heterocycles. The number of halogens is 1. The minimum Gasteiger partial charge on any atom is -0.495 e. The van der Waals surface area contributed by atoms with Crippen molar-refractivity contribution in [3.05, 3.63) is 34.2 Å². The topological polar surface area (TPSA) is 79.4 Å². The largest absolute Gasteiger partial charge is 0.495 e. The Labute approximate surface area is 127 Å². The number of carbonyl (C=O) groups excluding carboxylic acids is 1. The Balaban J connectivity index is 2.70. The van der Waals surface area contributed by atoms with E-state index in [1.54, 1.807) is 17.6 Å². The van der Waals surface area contributed by atoms with Gasteiger partial charge in [0.1, 0.15) is 17.4 Å². The summed E-state index contributed by atoms with van der Waals surface area (Å²) in [7, 11) is 2.82. The molecule has 2 N–H and O–H groups in total. The number of esters is 1. The number of anilines is 1. The van der Waals surface area contributed by atoms with Gasteiger partial charge in [-0.3, -0.25) is 4.57 Å². The summed E-state index contributed by atoms with van der Waals surface area (Å²) in [5.41, 5.74) is 7.63. The number of nitrogens with zero attached hydrogens (tertiary/aromatic N) is 2. The van der Waals surface area contributed by atoms with E-state index < -0.39 is 5.97 Å². The Morgan fingerprint density at radius 3 is 2.57 bits per heavy atom. The Kier molecular flexibility index (Phi) is 4.09. The second-order valence-corrected chi connectivity index (χ2v) is 4.90. The molecule has 1 aromatic heterocycles. The number of nitrogens with two attached hydrogens (primary N) is 1. The van der Waals surface area contributed by atoms with E-state index in [9.17, 15) is 4.79 Å². The average molecular weight is 310 g/mol. The van der Waals surface area contributed by atoms with Crippen LogP contribution in [-0.4, -0.2) is 29.7 Å². The van der Waals surface area contributed by atoms with E-state index in [2.05, 4.69) is 9.72 Å². The molecule has 0 saturated carbocycles. The Morgan fingerprint density at radius 1 is 1.33 bits per heavy atom. The third-order valence-corrected chi connectivity index (χ3v) is 3.57. The van der Waals surface area contributed by atoms with Crippen molar-refractivity contribution in [3.8, 4) is 11.4 Å². The number of methoxy groups -OCH3 is 2. The predicted octanol–water partition coefficient (Wildman–Crippen LogP) is 2.52. The van der Waals surface area contributed by atoms with Crippen molar-refractivity contribution in [1.82, 2.24) is 9.55 Å². The first-order chi connectivity index (χ1) is 9.90. The van der Waals surface area contributed by atoms with Gasteiger partial charge >= 0.3 is 5.97 Å². The summed E-state index contributed by atoms with van der Waals surface area (Å²) in [6.45, 7) is 3.61. The minimum atomic E-state index is -0.584. The molecule has 0 aliphatic rings. The van der Waals surface area contributed by atoms with Crippen LogP contribution in [0.15, 0.2) is 12.1 Å². The van der Waals surface area contributed by atoms with Crippen LogP contribution in [0, 0.1) is 13.8 Å². The highest BCUT2D eigenvalue weighted by Gasteiger charge is 2.22. The van der Waals surface area contributed by atoms with Gasteiger partial charge in [-0.05, 0) is 25.5 Å². The first kappa shape index (κ1) is 15.2. The highest BCUT2D eigenvalue weighted by Crippen LogP contribution is 2.33. The number of hydrogen-bond donors (Lipinski definition) is 1. The SMILES string of the molecule is COC(=O)c1nc(C)n(-c2cc(C)c(Cl)cc2OC)c1N. The summed E-state index contributed by atoms with van der Waals surface area (Å²) in [5.74, 6) is 0.695. The van der Waals surface area contributed by atoms with Crippen molar-refractivity contribution in [2.75, 3.05) is 20.0 Å². The van der Waals surface area contributed by atoms with Crippen LogP contribution in [0.3, 0.4) is 0 Å². The van der Waals surface area contributed by atoms with Crippen molar-refractivity contribution in [2.24, 2.45) is 0 Å². The molecular weight excluding hydrogens is 294 g/mol. The molecule has 1 aromatic carbocycles. The summed E-state index contributed by atoms with van der Waals surface area (Å²) in [4.78, 5) is 15.8. The third-order valence-electron chi connectivity index (χ3n) is 3.16. The third kappa shape index (κ3) is 2.54. The standard InChI is InChI=1S/C14H16ClN3O3/c1-7-5-10(11(20-3)6-9(7)15)18-8(2)17-12(13(18)16)14(19)21-4/h5-6H,16H2,1-4H3. The van der Waals surface area contributed by atoms with Crippen molar-refractivity contribution < 1.29 is 14.3 Å². The molecule has 2 aromatic rings. The molecule has 0 atom stereocenters. The molecule has 7 heteroatoms. The molecule has 0 radical (unpaired) electrons. The maximum atomic E-state index is 11.7. The Bertz CT molecular complexity index is 710. The molecule has 0 bridgehead atoms. The summed E-state index contributed by atoms with van der Waals surface area (Å²) in [6, 6.07) is 3.52. The fraction of sp³-hybridized carbons (Fsp3) is 0.286.